The second-order valence-corrected chi connectivity index (χ2v) is 5.75. The predicted octanol–water partition coefficient (Wildman–Crippen LogP) is 3.17. The van der Waals surface area contributed by atoms with E-state index in [2.05, 4.69) is 34.5 Å². The second-order valence-electron chi connectivity index (χ2n) is 5.75. The van der Waals surface area contributed by atoms with E-state index in [9.17, 15) is 0 Å². The van der Waals surface area contributed by atoms with Crippen molar-refractivity contribution in [2.45, 2.75) is 44.7 Å². The zero-order valence-corrected chi connectivity index (χ0v) is 11.4. The van der Waals surface area contributed by atoms with Gasteiger partial charge in [0.05, 0.1) is 0 Å². The highest BCUT2D eigenvalue weighted by molar-refractivity contribution is 5.55. The molecule has 0 radical (unpaired) electrons. The lowest BCUT2D eigenvalue weighted by Gasteiger charge is -2.34. The number of benzene rings is 1. The Balaban J connectivity index is 1.86. The van der Waals surface area contributed by atoms with Gasteiger partial charge in [0, 0.05) is 24.8 Å². The molecule has 1 aromatic rings. The van der Waals surface area contributed by atoms with Crippen molar-refractivity contribution >= 4 is 5.69 Å². The average Bonchev–Trinajstić information content (AvgIpc) is 2.84. The van der Waals surface area contributed by atoms with E-state index in [1.807, 2.05) is 7.05 Å². The number of nitrogens with zero attached hydrogens (tertiary/aromatic N) is 1. The van der Waals surface area contributed by atoms with Crippen LogP contribution in [0, 0.1) is 5.92 Å². The number of para-hydroxylation sites is 1. The van der Waals surface area contributed by atoms with Gasteiger partial charge in [0.25, 0.3) is 0 Å². The standard InChI is InChI=1S/C16H24N2/c1-17-12-14-7-3-5-9-16(14)18-11-10-13-6-2-4-8-15(13)18/h3,5,7,9,13,15,17H,2,4,6,8,10-12H2,1H3. The van der Waals surface area contributed by atoms with Gasteiger partial charge in [-0.2, -0.15) is 0 Å². The van der Waals surface area contributed by atoms with Gasteiger partial charge in [-0.25, -0.2) is 0 Å². The van der Waals surface area contributed by atoms with E-state index in [-0.39, 0.29) is 0 Å². The van der Waals surface area contributed by atoms with Crippen LogP contribution < -0.4 is 10.2 Å². The molecule has 0 amide bonds. The van der Waals surface area contributed by atoms with Crippen LogP contribution in [-0.2, 0) is 6.54 Å². The van der Waals surface area contributed by atoms with Gasteiger partial charge in [-0.15, -0.1) is 0 Å². The van der Waals surface area contributed by atoms with Crippen molar-refractivity contribution in [2.75, 3.05) is 18.5 Å². The maximum absolute atomic E-state index is 3.29. The van der Waals surface area contributed by atoms with Crippen LogP contribution in [-0.4, -0.2) is 19.6 Å². The highest BCUT2D eigenvalue weighted by Crippen LogP contribution is 2.39. The number of rotatable bonds is 3. The molecule has 0 spiro atoms. The van der Waals surface area contributed by atoms with Crippen LogP contribution in [0.2, 0.25) is 0 Å². The number of hydrogen-bond acceptors (Lipinski definition) is 2. The number of fused-ring (bicyclic) bond motifs is 1. The Hall–Kier alpha value is -1.02. The Morgan fingerprint density at radius 1 is 1.17 bits per heavy atom. The SMILES string of the molecule is CNCc1ccccc1N1CCC2CCCCC21. The molecule has 2 atom stereocenters. The molecule has 1 saturated carbocycles. The van der Waals surface area contributed by atoms with E-state index in [0.29, 0.717) is 0 Å². The minimum Gasteiger partial charge on any atom is -0.368 e. The fraction of sp³-hybridized carbons (Fsp3) is 0.625. The Kier molecular flexibility index (Phi) is 3.55. The number of hydrogen-bond donors (Lipinski definition) is 1. The smallest absolute Gasteiger partial charge is 0.0414 e. The molecule has 1 N–H and O–H groups in total. The minimum atomic E-state index is 0.816. The summed E-state index contributed by atoms with van der Waals surface area (Å²) in [6.45, 7) is 2.24. The van der Waals surface area contributed by atoms with Crippen molar-refractivity contribution in [3.8, 4) is 0 Å². The van der Waals surface area contributed by atoms with Gasteiger partial charge in [0.1, 0.15) is 0 Å². The molecule has 3 rings (SSSR count). The van der Waals surface area contributed by atoms with E-state index in [1.54, 1.807) is 0 Å². The first-order valence-electron chi connectivity index (χ1n) is 7.39. The van der Waals surface area contributed by atoms with Crippen molar-refractivity contribution < 1.29 is 0 Å². The van der Waals surface area contributed by atoms with Gasteiger partial charge < -0.3 is 10.2 Å². The Morgan fingerprint density at radius 2 is 2.00 bits per heavy atom. The zero-order chi connectivity index (χ0) is 12.4. The van der Waals surface area contributed by atoms with Gasteiger partial charge in [-0.3, -0.25) is 0 Å². The second kappa shape index (κ2) is 5.31. The Bertz CT molecular complexity index is 402. The van der Waals surface area contributed by atoms with Gasteiger partial charge in [-0.05, 0) is 43.9 Å². The third-order valence-electron chi connectivity index (χ3n) is 4.68. The molecule has 2 fully saturated rings. The summed E-state index contributed by atoms with van der Waals surface area (Å²) in [6.07, 6.45) is 7.13. The van der Waals surface area contributed by atoms with Gasteiger partial charge >= 0.3 is 0 Å². The quantitative estimate of drug-likeness (QED) is 0.878. The summed E-state index contributed by atoms with van der Waals surface area (Å²) in [4.78, 5) is 2.69. The molecule has 18 heavy (non-hydrogen) atoms. The van der Waals surface area contributed by atoms with Gasteiger partial charge in [-0.1, -0.05) is 31.0 Å². The molecule has 0 aromatic heterocycles. The summed E-state index contributed by atoms with van der Waals surface area (Å²) in [7, 11) is 2.03. The average molecular weight is 244 g/mol. The van der Waals surface area contributed by atoms with Gasteiger partial charge in [0.2, 0.25) is 0 Å². The molecular weight excluding hydrogens is 220 g/mol. The first kappa shape index (κ1) is 12.0. The molecule has 1 aliphatic heterocycles. The van der Waals surface area contributed by atoms with Crippen LogP contribution >= 0.6 is 0 Å². The van der Waals surface area contributed by atoms with E-state index in [1.165, 1.54) is 49.9 Å². The Morgan fingerprint density at radius 3 is 2.89 bits per heavy atom. The summed E-state index contributed by atoms with van der Waals surface area (Å²) >= 11 is 0. The molecule has 0 bridgehead atoms. The minimum absolute atomic E-state index is 0.816. The topological polar surface area (TPSA) is 15.3 Å². The molecule has 2 heteroatoms. The van der Waals surface area contributed by atoms with Crippen LogP contribution in [0.4, 0.5) is 5.69 Å². The third-order valence-corrected chi connectivity index (χ3v) is 4.68. The highest BCUT2D eigenvalue weighted by Gasteiger charge is 2.36. The van der Waals surface area contributed by atoms with Crippen molar-refractivity contribution in [3.05, 3.63) is 29.8 Å². The molecule has 1 aliphatic carbocycles. The van der Waals surface area contributed by atoms with Crippen LogP contribution in [0.25, 0.3) is 0 Å². The zero-order valence-electron chi connectivity index (χ0n) is 11.4. The van der Waals surface area contributed by atoms with Crippen LogP contribution in [0.1, 0.15) is 37.7 Å². The summed E-state index contributed by atoms with van der Waals surface area (Å²) < 4.78 is 0. The maximum atomic E-state index is 3.29. The third kappa shape index (κ3) is 2.14. The van der Waals surface area contributed by atoms with Crippen molar-refractivity contribution in [3.63, 3.8) is 0 Å². The monoisotopic (exact) mass is 244 g/mol. The molecule has 1 saturated heterocycles. The van der Waals surface area contributed by atoms with E-state index in [4.69, 9.17) is 0 Å². The fourth-order valence-corrected chi connectivity index (χ4v) is 3.84. The molecular formula is C16H24N2. The van der Waals surface area contributed by atoms with E-state index >= 15 is 0 Å². The molecule has 2 aliphatic rings. The van der Waals surface area contributed by atoms with E-state index < -0.39 is 0 Å². The van der Waals surface area contributed by atoms with Crippen LogP contribution in [0.3, 0.4) is 0 Å². The molecule has 1 heterocycles. The van der Waals surface area contributed by atoms with E-state index in [0.717, 1.165) is 18.5 Å². The van der Waals surface area contributed by atoms with Crippen LogP contribution in [0.5, 0.6) is 0 Å². The van der Waals surface area contributed by atoms with Crippen LogP contribution in [0.15, 0.2) is 24.3 Å². The highest BCUT2D eigenvalue weighted by atomic mass is 15.2. The lowest BCUT2D eigenvalue weighted by Crippen LogP contribution is -2.35. The molecule has 1 aromatic carbocycles. The lowest BCUT2D eigenvalue weighted by molar-refractivity contribution is 0.342. The summed E-state index contributed by atoms with van der Waals surface area (Å²) in [5, 5.41) is 3.29. The first-order chi connectivity index (χ1) is 8.90. The summed E-state index contributed by atoms with van der Waals surface area (Å²) in [5.74, 6) is 0.960. The Labute approximate surface area is 110 Å². The predicted molar refractivity (Wildman–Crippen MR) is 76.9 cm³/mol. The largest absolute Gasteiger partial charge is 0.368 e. The molecule has 98 valence electrons. The summed E-state index contributed by atoms with van der Waals surface area (Å²) in [6, 6.07) is 9.73. The fourth-order valence-electron chi connectivity index (χ4n) is 3.84. The number of nitrogens with one attached hydrogen (secondary N) is 1. The van der Waals surface area contributed by atoms with Crippen molar-refractivity contribution in [1.82, 2.24) is 5.32 Å². The maximum Gasteiger partial charge on any atom is 0.0414 e. The molecule has 2 unspecified atom stereocenters. The molecule has 2 nitrogen and oxygen atoms in total. The van der Waals surface area contributed by atoms with Gasteiger partial charge in [0.15, 0.2) is 0 Å². The summed E-state index contributed by atoms with van der Waals surface area (Å²) in [5.41, 5.74) is 2.92. The van der Waals surface area contributed by atoms with Crippen molar-refractivity contribution in [2.24, 2.45) is 5.92 Å². The lowest BCUT2D eigenvalue weighted by atomic mass is 9.85. The first-order valence-corrected chi connectivity index (χ1v) is 7.39. The van der Waals surface area contributed by atoms with Crippen molar-refractivity contribution in [1.29, 1.82) is 0 Å². The number of anilines is 1. The normalized spacial score (nSPS) is 27.3.